The molecule has 1 aromatic rings. The van der Waals surface area contributed by atoms with E-state index in [0.29, 0.717) is 5.56 Å². The minimum absolute atomic E-state index is 0.0105. The Labute approximate surface area is 164 Å². The van der Waals surface area contributed by atoms with Gasteiger partial charge in [0.15, 0.2) is 0 Å². The summed E-state index contributed by atoms with van der Waals surface area (Å²) in [5.74, 6) is 0. The van der Waals surface area contributed by atoms with Crippen LogP contribution in [0.2, 0.25) is 0 Å². The largest absolute Gasteiger partial charge is 0.416 e. The zero-order valence-corrected chi connectivity index (χ0v) is 16.6. The highest BCUT2D eigenvalue weighted by Gasteiger charge is 2.30. The van der Waals surface area contributed by atoms with Crippen molar-refractivity contribution in [1.29, 1.82) is 0 Å². The Bertz CT molecular complexity index is 842. The molecule has 3 rings (SSSR count). The molecule has 0 saturated carbocycles. The first kappa shape index (κ1) is 20.4. The summed E-state index contributed by atoms with van der Waals surface area (Å²) in [6.07, 6.45) is 7.81. The second-order valence-electron chi connectivity index (χ2n) is 8.29. The van der Waals surface area contributed by atoms with Gasteiger partial charge in [-0.15, -0.1) is 0 Å². The highest BCUT2D eigenvalue weighted by atomic mass is 19.4. The SMILES string of the molecule is CC1=C(/C=C/C2=NNC(/C=C/c3cccc(C(F)(F)F)c3)C2)C(C)(C)CCC1. The van der Waals surface area contributed by atoms with Crippen molar-refractivity contribution in [1.82, 2.24) is 5.43 Å². The van der Waals surface area contributed by atoms with Gasteiger partial charge in [-0.1, -0.05) is 49.8 Å². The van der Waals surface area contributed by atoms with Crippen LogP contribution >= 0.6 is 0 Å². The number of nitrogens with zero attached hydrogens (tertiary/aromatic N) is 1. The van der Waals surface area contributed by atoms with Crippen molar-refractivity contribution in [3.8, 4) is 0 Å². The Balaban J connectivity index is 1.62. The van der Waals surface area contributed by atoms with Gasteiger partial charge in [0.2, 0.25) is 0 Å². The van der Waals surface area contributed by atoms with Crippen molar-refractivity contribution < 1.29 is 13.2 Å². The minimum Gasteiger partial charge on any atom is -0.303 e. The van der Waals surface area contributed by atoms with Gasteiger partial charge >= 0.3 is 6.18 Å². The van der Waals surface area contributed by atoms with Crippen LogP contribution in [-0.2, 0) is 6.18 Å². The van der Waals surface area contributed by atoms with E-state index in [1.165, 1.54) is 30.1 Å². The maximum Gasteiger partial charge on any atom is 0.416 e. The lowest BCUT2D eigenvalue weighted by Crippen LogP contribution is -2.19. The lowest BCUT2D eigenvalue weighted by atomic mass is 9.72. The van der Waals surface area contributed by atoms with Gasteiger partial charge in [-0.05, 0) is 60.9 Å². The molecule has 0 saturated heterocycles. The van der Waals surface area contributed by atoms with Crippen LogP contribution in [0.15, 0.2) is 58.7 Å². The topological polar surface area (TPSA) is 24.4 Å². The van der Waals surface area contributed by atoms with Crippen molar-refractivity contribution in [2.45, 2.75) is 58.7 Å². The maximum absolute atomic E-state index is 12.8. The summed E-state index contributed by atoms with van der Waals surface area (Å²) in [5.41, 5.74) is 6.94. The minimum atomic E-state index is -4.32. The number of benzene rings is 1. The van der Waals surface area contributed by atoms with Crippen LogP contribution in [0, 0.1) is 5.41 Å². The number of allylic oxidation sites excluding steroid dienone is 4. The number of alkyl halides is 3. The van der Waals surface area contributed by atoms with Gasteiger partial charge in [0.05, 0.1) is 17.3 Å². The molecule has 150 valence electrons. The third-order valence-corrected chi connectivity index (χ3v) is 5.52. The third kappa shape index (κ3) is 4.94. The average molecular weight is 388 g/mol. The van der Waals surface area contributed by atoms with Gasteiger partial charge < -0.3 is 5.43 Å². The molecule has 0 radical (unpaired) electrons. The van der Waals surface area contributed by atoms with Crippen molar-refractivity contribution >= 4 is 11.8 Å². The summed E-state index contributed by atoms with van der Waals surface area (Å²) in [7, 11) is 0. The molecule has 1 N–H and O–H groups in total. The number of halogens is 3. The van der Waals surface area contributed by atoms with E-state index in [1.807, 2.05) is 6.08 Å². The van der Waals surface area contributed by atoms with Crippen molar-refractivity contribution in [2.24, 2.45) is 10.5 Å². The van der Waals surface area contributed by atoms with Crippen LogP contribution in [0.3, 0.4) is 0 Å². The molecule has 1 heterocycles. The third-order valence-electron chi connectivity index (χ3n) is 5.52. The Kier molecular flexibility index (Phi) is 5.82. The first-order valence-electron chi connectivity index (χ1n) is 9.71. The second-order valence-corrected chi connectivity index (χ2v) is 8.29. The summed E-state index contributed by atoms with van der Waals surface area (Å²) in [6, 6.07) is 5.33. The van der Waals surface area contributed by atoms with E-state index in [-0.39, 0.29) is 11.5 Å². The molecular weight excluding hydrogens is 361 g/mol. The molecule has 2 aliphatic rings. The van der Waals surface area contributed by atoms with E-state index in [0.717, 1.165) is 30.7 Å². The molecule has 1 unspecified atom stereocenters. The van der Waals surface area contributed by atoms with Crippen LogP contribution in [0.4, 0.5) is 13.2 Å². The molecule has 1 aromatic carbocycles. The van der Waals surface area contributed by atoms with E-state index in [2.05, 4.69) is 43.5 Å². The Morgan fingerprint density at radius 2 is 1.96 bits per heavy atom. The van der Waals surface area contributed by atoms with E-state index in [4.69, 9.17) is 0 Å². The fourth-order valence-electron chi connectivity index (χ4n) is 3.93. The summed E-state index contributed by atoms with van der Waals surface area (Å²) < 4.78 is 38.4. The van der Waals surface area contributed by atoms with Crippen LogP contribution in [0.1, 0.15) is 57.6 Å². The molecule has 5 heteroatoms. The monoisotopic (exact) mass is 388 g/mol. The van der Waals surface area contributed by atoms with Crippen molar-refractivity contribution in [3.63, 3.8) is 0 Å². The van der Waals surface area contributed by atoms with E-state index >= 15 is 0 Å². The smallest absolute Gasteiger partial charge is 0.303 e. The number of rotatable bonds is 4. The first-order chi connectivity index (χ1) is 13.1. The van der Waals surface area contributed by atoms with E-state index in [9.17, 15) is 13.2 Å². The molecule has 2 nitrogen and oxygen atoms in total. The first-order valence-corrected chi connectivity index (χ1v) is 9.71. The van der Waals surface area contributed by atoms with Gasteiger partial charge in [-0.25, -0.2) is 0 Å². The highest BCUT2D eigenvalue weighted by molar-refractivity contribution is 5.97. The highest BCUT2D eigenvalue weighted by Crippen LogP contribution is 2.40. The van der Waals surface area contributed by atoms with Crippen molar-refractivity contribution in [2.75, 3.05) is 0 Å². The van der Waals surface area contributed by atoms with Crippen LogP contribution < -0.4 is 5.43 Å². The van der Waals surface area contributed by atoms with E-state index in [1.54, 1.807) is 12.1 Å². The van der Waals surface area contributed by atoms with Gasteiger partial charge in [-0.3, -0.25) is 0 Å². The summed E-state index contributed by atoms with van der Waals surface area (Å²) in [6.45, 7) is 6.77. The summed E-state index contributed by atoms with van der Waals surface area (Å²) in [4.78, 5) is 0. The Morgan fingerprint density at radius 1 is 1.18 bits per heavy atom. The van der Waals surface area contributed by atoms with Gasteiger partial charge in [-0.2, -0.15) is 18.3 Å². The van der Waals surface area contributed by atoms with Crippen LogP contribution in [-0.4, -0.2) is 11.8 Å². The molecule has 0 amide bonds. The number of hydrazone groups is 1. The van der Waals surface area contributed by atoms with Crippen LogP contribution in [0.5, 0.6) is 0 Å². The number of hydrogen-bond donors (Lipinski definition) is 1. The maximum atomic E-state index is 12.8. The Hall–Kier alpha value is -2.30. The van der Waals surface area contributed by atoms with Crippen LogP contribution in [0.25, 0.3) is 6.08 Å². The molecule has 28 heavy (non-hydrogen) atoms. The zero-order chi connectivity index (χ0) is 20.4. The number of hydrogen-bond acceptors (Lipinski definition) is 2. The zero-order valence-electron chi connectivity index (χ0n) is 16.6. The molecular formula is C23H27F3N2. The van der Waals surface area contributed by atoms with Gasteiger partial charge in [0.25, 0.3) is 0 Å². The number of nitrogens with one attached hydrogen (secondary N) is 1. The predicted molar refractivity (Wildman–Crippen MR) is 109 cm³/mol. The normalized spacial score (nSPS) is 22.8. The molecule has 0 fully saturated rings. The molecule has 0 spiro atoms. The summed E-state index contributed by atoms with van der Waals surface area (Å²) >= 11 is 0. The molecule has 1 atom stereocenters. The second kappa shape index (κ2) is 7.98. The fourth-order valence-corrected chi connectivity index (χ4v) is 3.93. The molecule has 0 aromatic heterocycles. The lowest BCUT2D eigenvalue weighted by molar-refractivity contribution is -0.137. The van der Waals surface area contributed by atoms with Gasteiger partial charge in [0.1, 0.15) is 0 Å². The standard InChI is InChI=1S/C23H27F3N2/c1-16-6-5-13-22(2,3)21(16)12-11-20-15-19(27-28-20)10-9-17-7-4-8-18(14-17)23(24,25)26/h4,7-12,14,19,27H,5-6,13,15H2,1-3H3/b10-9+,12-11+. The van der Waals surface area contributed by atoms with E-state index < -0.39 is 11.7 Å². The lowest BCUT2D eigenvalue weighted by Gasteiger charge is -2.32. The van der Waals surface area contributed by atoms with Gasteiger partial charge in [0, 0.05) is 6.42 Å². The quantitative estimate of drug-likeness (QED) is 0.624. The fraction of sp³-hybridized carbons (Fsp3) is 0.435. The average Bonchev–Trinajstić information content (AvgIpc) is 3.06. The Morgan fingerprint density at radius 3 is 2.68 bits per heavy atom. The summed E-state index contributed by atoms with van der Waals surface area (Å²) in [5, 5.41) is 4.37. The molecule has 0 bridgehead atoms. The van der Waals surface area contributed by atoms with Crippen molar-refractivity contribution in [3.05, 3.63) is 64.8 Å². The molecule has 1 aliphatic carbocycles. The molecule has 1 aliphatic heterocycles. The predicted octanol–water partition coefficient (Wildman–Crippen LogP) is 6.52.